The number of para-hydroxylation sites is 1. The Bertz CT molecular complexity index is 1060. The zero-order chi connectivity index (χ0) is 19.7. The van der Waals surface area contributed by atoms with E-state index in [4.69, 9.17) is 27.9 Å². The van der Waals surface area contributed by atoms with Gasteiger partial charge in [0, 0.05) is 11.5 Å². The van der Waals surface area contributed by atoms with E-state index < -0.39 is 15.3 Å². The Morgan fingerprint density at radius 2 is 1.54 bits per heavy atom. The highest BCUT2D eigenvalue weighted by atomic mass is 35.5. The predicted molar refractivity (Wildman–Crippen MR) is 111 cm³/mol. The van der Waals surface area contributed by atoms with E-state index in [1.165, 1.54) is 12.1 Å². The molecule has 3 unspecified atom stereocenters. The molecule has 28 heavy (non-hydrogen) atoms. The first-order valence-electron chi connectivity index (χ1n) is 9.31. The Balaban J connectivity index is 1.77. The van der Waals surface area contributed by atoms with Gasteiger partial charge in [0.2, 0.25) is 0 Å². The molecule has 0 N–H and O–H groups in total. The van der Waals surface area contributed by atoms with Crippen molar-refractivity contribution in [1.29, 1.82) is 0 Å². The van der Waals surface area contributed by atoms with E-state index in [0.29, 0.717) is 0 Å². The Morgan fingerprint density at radius 1 is 0.893 bits per heavy atom. The van der Waals surface area contributed by atoms with Gasteiger partial charge >= 0.3 is 0 Å². The highest BCUT2D eigenvalue weighted by molar-refractivity contribution is 6.53. The van der Waals surface area contributed by atoms with Crippen LogP contribution in [0.2, 0.25) is 0 Å². The first-order valence-corrected chi connectivity index (χ1v) is 10.1. The molecule has 1 aliphatic heterocycles. The summed E-state index contributed by atoms with van der Waals surface area (Å²) in [7, 11) is 0. The van der Waals surface area contributed by atoms with Gasteiger partial charge in [-0.2, -0.15) is 0 Å². The van der Waals surface area contributed by atoms with E-state index in [-0.39, 0.29) is 11.7 Å². The second-order valence-electron chi connectivity index (χ2n) is 7.95. The van der Waals surface area contributed by atoms with Gasteiger partial charge in [0.1, 0.15) is 11.6 Å². The number of fused-ring (bicyclic) bond motifs is 2. The molecule has 1 aliphatic carbocycles. The maximum Gasteiger partial charge on any atom is 0.177 e. The third kappa shape index (κ3) is 2.03. The first-order chi connectivity index (χ1) is 13.3. The fraction of sp³-hybridized carbons (Fsp3) is 0.250. The maximum absolute atomic E-state index is 13.6. The van der Waals surface area contributed by atoms with Crippen molar-refractivity contribution in [3.63, 3.8) is 0 Å². The van der Waals surface area contributed by atoms with E-state index in [1.54, 1.807) is 0 Å². The largest absolute Gasteiger partial charge is 0.478 e. The van der Waals surface area contributed by atoms with Crippen molar-refractivity contribution < 1.29 is 9.13 Å². The number of aryl methyl sites for hydroxylation is 1. The number of halogens is 3. The minimum absolute atomic E-state index is 0.130. The van der Waals surface area contributed by atoms with Crippen LogP contribution in [0.5, 0.6) is 5.75 Å². The topological polar surface area (TPSA) is 9.23 Å². The van der Waals surface area contributed by atoms with Gasteiger partial charge in [0.05, 0.1) is 5.41 Å². The van der Waals surface area contributed by atoms with Crippen LogP contribution in [0.4, 0.5) is 4.39 Å². The van der Waals surface area contributed by atoms with Gasteiger partial charge < -0.3 is 4.74 Å². The molecular formula is C24H19Cl2FO. The molecule has 1 nitrogen and oxygen atoms in total. The zero-order valence-electron chi connectivity index (χ0n) is 15.5. The molecule has 5 rings (SSSR count). The van der Waals surface area contributed by atoms with Crippen molar-refractivity contribution >= 4 is 23.2 Å². The van der Waals surface area contributed by atoms with Crippen LogP contribution in [-0.4, -0.2) is 4.33 Å². The third-order valence-corrected chi connectivity index (χ3v) is 7.81. The molecule has 3 atom stereocenters. The first kappa shape index (κ1) is 18.0. The van der Waals surface area contributed by atoms with Crippen molar-refractivity contribution in [2.45, 2.75) is 29.7 Å². The minimum atomic E-state index is -1.15. The van der Waals surface area contributed by atoms with Gasteiger partial charge in [0.15, 0.2) is 9.93 Å². The second-order valence-corrected chi connectivity index (χ2v) is 9.28. The Kier molecular flexibility index (Phi) is 3.70. The highest BCUT2D eigenvalue weighted by Crippen LogP contribution is 2.85. The Hall–Kier alpha value is -2.03. The molecule has 0 saturated heterocycles. The summed E-state index contributed by atoms with van der Waals surface area (Å²) >= 11 is 14.0. The molecular weight excluding hydrogens is 394 g/mol. The molecule has 142 valence electrons. The van der Waals surface area contributed by atoms with Crippen molar-refractivity contribution in [3.8, 4) is 5.75 Å². The molecule has 4 heteroatoms. The number of benzene rings is 3. The smallest absolute Gasteiger partial charge is 0.177 e. The van der Waals surface area contributed by atoms with Gasteiger partial charge in [0.25, 0.3) is 0 Å². The summed E-state index contributed by atoms with van der Waals surface area (Å²) in [5.74, 6) is 0.366. The summed E-state index contributed by atoms with van der Waals surface area (Å²) in [5.41, 5.74) is 2.59. The van der Waals surface area contributed by atoms with Crippen LogP contribution < -0.4 is 4.74 Å². The molecule has 2 aliphatic rings. The molecule has 0 spiro atoms. The average molecular weight is 413 g/mol. The van der Waals surface area contributed by atoms with Gasteiger partial charge in [-0.05, 0) is 36.2 Å². The number of hydrogen-bond donors (Lipinski definition) is 0. The predicted octanol–water partition coefficient (Wildman–Crippen LogP) is 6.75. The van der Waals surface area contributed by atoms with E-state index in [9.17, 15) is 4.39 Å². The van der Waals surface area contributed by atoms with Gasteiger partial charge in [-0.1, -0.05) is 90.3 Å². The van der Waals surface area contributed by atoms with Crippen molar-refractivity contribution in [2.75, 3.05) is 0 Å². The van der Waals surface area contributed by atoms with Gasteiger partial charge in [-0.3, -0.25) is 0 Å². The molecule has 3 aromatic carbocycles. The highest BCUT2D eigenvalue weighted by Gasteiger charge is 2.91. The summed E-state index contributed by atoms with van der Waals surface area (Å²) in [6.45, 7) is 4.11. The summed E-state index contributed by atoms with van der Waals surface area (Å²) < 4.78 is 19.0. The minimum Gasteiger partial charge on any atom is -0.478 e. The molecule has 1 fully saturated rings. The van der Waals surface area contributed by atoms with Crippen LogP contribution >= 0.6 is 23.2 Å². The zero-order valence-corrected chi connectivity index (χ0v) is 17.1. The standard InChI is InChI=1S/C24H19Cl2FO/c1-15-7-11-17(12-8-15)23-22(2,24(23,25)26)21(16-9-13-18(27)14-10-16)19-5-3-4-6-20(19)28-23/h3-14,21H,1-2H3. The lowest BCUT2D eigenvalue weighted by Crippen LogP contribution is -2.33. The van der Waals surface area contributed by atoms with Gasteiger partial charge in [-0.15, -0.1) is 0 Å². The molecule has 1 saturated carbocycles. The second kappa shape index (κ2) is 5.75. The molecule has 1 heterocycles. The molecule has 0 bridgehead atoms. The van der Waals surface area contributed by atoms with Crippen LogP contribution in [0.1, 0.15) is 35.1 Å². The summed E-state index contributed by atoms with van der Waals surface area (Å²) in [6, 6.07) is 22.7. The average Bonchev–Trinajstić information content (AvgIpc) is 3.09. The van der Waals surface area contributed by atoms with E-state index in [2.05, 4.69) is 6.92 Å². The quantitative estimate of drug-likeness (QED) is 0.423. The number of rotatable bonds is 2. The van der Waals surface area contributed by atoms with E-state index in [0.717, 1.165) is 28.0 Å². The van der Waals surface area contributed by atoms with Crippen LogP contribution in [0.3, 0.4) is 0 Å². The normalized spacial score (nSPS) is 29.4. The van der Waals surface area contributed by atoms with Crippen LogP contribution in [0.25, 0.3) is 0 Å². The fourth-order valence-electron chi connectivity index (χ4n) is 4.96. The SMILES string of the molecule is Cc1ccc(C23Oc4ccccc4C(c4ccc(F)cc4)C2(C)C3(Cl)Cl)cc1. The van der Waals surface area contributed by atoms with Crippen molar-refractivity contribution in [2.24, 2.45) is 5.41 Å². The Morgan fingerprint density at radius 3 is 2.21 bits per heavy atom. The van der Waals surface area contributed by atoms with Gasteiger partial charge in [-0.25, -0.2) is 4.39 Å². The summed E-state index contributed by atoms with van der Waals surface area (Å²) in [5, 5.41) is 0. The molecule has 0 aromatic heterocycles. The van der Waals surface area contributed by atoms with Crippen molar-refractivity contribution in [1.82, 2.24) is 0 Å². The maximum atomic E-state index is 13.6. The monoisotopic (exact) mass is 412 g/mol. The van der Waals surface area contributed by atoms with Crippen LogP contribution in [0.15, 0.2) is 72.8 Å². The van der Waals surface area contributed by atoms with Crippen LogP contribution in [-0.2, 0) is 5.60 Å². The number of alkyl halides is 2. The lowest BCUT2D eigenvalue weighted by molar-refractivity contribution is 0.102. The molecule has 3 aromatic rings. The van der Waals surface area contributed by atoms with E-state index >= 15 is 0 Å². The lowest BCUT2D eigenvalue weighted by atomic mass is 9.74. The summed E-state index contributed by atoms with van der Waals surface area (Å²) in [4.78, 5) is 0. The summed E-state index contributed by atoms with van der Waals surface area (Å²) in [6.07, 6.45) is 0. The Labute approximate surface area is 174 Å². The number of ether oxygens (including phenoxy) is 1. The van der Waals surface area contributed by atoms with Crippen molar-refractivity contribution in [3.05, 3.63) is 101 Å². The lowest BCUT2D eigenvalue weighted by Gasteiger charge is -2.36. The molecule has 0 radical (unpaired) electrons. The van der Waals surface area contributed by atoms with Crippen LogP contribution in [0, 0.1) is 18.2 Å². The van der Waals surface area contributed by atoms with E-state index in [1.807, 2.05) is 67.6 Å². The molecule has 0 amide bonds. The fourth-order valence-corrected chi connectivity index (χ4v) is 6.03. The number of hydrogen-bond acceptors (Lipinski definition) is 1. The third-order valence-electron chi connectivity index (χ3n) is 6.50.